The van der Waals surface area contributed by atoms with Crippen LogP contribution >= 0.6 is 34.3 Å². The molecule has 0 bridgehead atoms. The van der Waals surface area contributed by atoms with E-state index in [-0.39, 0.29) is 36.0 Å². The van der Waals surface area contributed by atoms with Crippen molar-refractivity contribution < 1.29 is 44.2 Å². The smallest absolute Gasteiger partial charge is 0.550 e. The summed E-state index contributed by atoms with van der Waals surface area (Å²) < 4.78 is 5.84. The molecule has 24 heavy (non-hydrogen) atoms. The van der Waals surface area contributed by atoms with Crippen molar-refractivity contribution in [1.29, 1.82) is 0 Å². The number of carbonyl (C=O) groups is 1. The second kappa shape index (κ2) is 8.52. The van der Waals surface area contributed by atoms with Gasteiger partial charge in [-0.2, -0.15) is 0 Å². The van der Waals surface area contributed by atoms with E-state index >= 15 is 0 Å². The fraction of sp³-hybridized carbons (Fsp3) is 0.118. The van der Waals surface area contributed by atoms with E-state index in [9.17, 15) is 9.90 Å². The maximum atomic E-state index is 11.0. The molecule has 0 atom stereocenters. The second-order valence-corrected chi connectivity index (χ2v) is 7.61. The molecule has 2 aromatic heterocycles. The molecule has 2 heterocycles. The SMILES string of the molecule is COc1ccc(-c2cc(CC(=O)[O-])c(-c3ccc(Cl)s3)s2)cc1.[Na+]. The van der Waals surface area contributed by atoms with Gasteiger partial charge in [-0.15, -0.1) is 22.7 Å². The number of aliphatic carboxylic acids is 1. The van der Waals surface area contributed by atoms with Gasteiger partial charge >= 0.3 is 29.6 Å². The molecule has 0 saturated carbocycles. The number of carboxylic acid groups (broad SMARTS) is 1. The average molecular weight is 387 g/mol. The maximum Gasteiger partial charge on any atom is 1.00 e. The number of carbonyl (C=O) groups excluding carboxylic acids is 1. The molecule has 0 radical (unpaired) electrons. The van der Waals surface area contributed by atoms with E-state index in [0.29, 0.717) is 4.34 Å². The summed E-state index contributed by atoms with van der Waals surface area (Å²) in [6, 6.07) is 13.3. The van der Waals surface area contributed by atoms with Crippen molar-refractivity contribution in [2.45, 2.75) is 6.42 Å². The molecule has 0 spiro atoms. The molecule has 0 saturated heterocycles. The molecule has 0 aliphatic carbocycles. The Labute approximate surface area is 175 Å². The zero-order chi connectivity index (χ0) is 16.4. The molecule has 0 aliphatic rings. The average Bonchev–Trinajstić information content (AvgIpc) is 3.13. The molecule has 0 aliphatic heterocycles. The van der Waals surface area contributed by atoms with Gasteiger partial charge in [0.2, 0.25) is 0 Å². The largest absolute Gasteiger partial charge is 1.00 e. The summed E-state index contributed by atoms with van der Waals surface area (Å²) in [4.78, 5) is 13.9. The first-order chi connectivity index (χ1) is 11.1. The number of rotatable bonds is 5. The number of benzene rings is 1. The first-order valence-corrected chi connectivity index (χ1v) is 8.80. The van der Waals surface area contributed by atoms with Crippen LogP contribution in [0.4, 0.5) is 0 Å². The van der Waals surface area contributed by atoms with Crippen LogP contribution in [0.25, 0.3) is 20.2 Å². The zero-order valence-corrected chi connectivity index (χ0v) is 17.6. The predicted molar refractivity (Wildman–Crippen MR) is 93.3 cm³/mol. The van der Waals surface area contributed by atoms with E-state index in [1.807, 2.05) is 42.5 Å². The van der Waals surface area contributed by atoms with Gasteiger partial charge in [0, 0.05) is 27.0 Å². The van der Waals surface area contributed by atoms with Gasteiger partial charge in [-0.1, -0.05) is 11.6 Å². The van der Waals surface area contributed by atoms with Crippen LogP contribution in [-0.2, 0) is 11.2 Å². The van der Waals surface area contributed by atoms with E-state index in [2.05, 4.69) is 0 Å². The van der Waals surface area contributed by atoms with E-state index in [0.717, 1.165) is 31.5 Å². The summed E-state index contributed by atoms with van der Waals surface area (Å²) in [7, 11) is 1.62. The summed E-state index contributed by atoms with van der Waals surface area (Å²) in [5, 5.41) is 11.0. The third-order valence-electron chi connectivity index (χ3n) is 3.32. The topological polar surface area (TPSA) is 49.4 Å². The number of hydrogen-bond acceptors (Lipinski definition) is 5. The molecular weight excluding hydrogens is 375 g/mol. The van der Waals surface area contributed by atoms with E-state index < -0.39 is 5.97 Å². The Bertz CT molecular complexity index is 840. The number of methoxy groups -OCH3 is 1. The van der Waals surface area contributed by atoms with Crippen LogP contribution < -0.4 is 39.4 Å². The third-order valence-corrected chi connectivity index (χ3v) is 5.95. The molecule has 118 valence electrons. The van der Waals surface area contributed by atoms with Crippen molar-refractivity contribution in [2.24, 2.45) is 0 Å². The van der Waals surface area contributed by atoms with Crippen LogP contribution in [0.1, 0.15) is 5.56 Å². The molecule has 3 nitrogen and oxygen atoms in total. The maximum absolute atomic E-state index is 11.0. The van der Waals surface area contributed by atoms with Crippen LogP contribution in [0.2, 0.25) is 4.34 Å². The number of hydrogen-bond donors (Lipinski definition) is 0. The summed E-state index contributed by atoms with van der Waals surface area (Å²) in [6.07, 6.45) is -0.114. The number of thiophene rings is 2. The minimum atomic E-state index is -1.09. The molecule has 0 unspecified atom stereocenters. The standard InChI is InChI=1S/C17H13ClO3S2.Na/c1-21-12-4-2-10(3-5-12)14-8-11(9-16(19)20)17(23-14)13-6-7-15(18)22-13;/h2-8H,9H2,1H3,(H,19,20);/q;+1/p-1. The summed E-state index contributed by atoms with van der Waals surface area (Å²) in [6.45, 7) is 0. The Morgan fingerprint density at radius 2 is 1.83 bits per heavy atom. The Balaban J connectivity index is 0.00000208. The second-order valence-electron chi connectivity index (χ2n) is 4.85. The Kier molecular flexibility index (Phi) is 6.92. The zero-order valence-electron chi connectivity index (χ0n) is 13.2. The van der Waals surface area contributed by atoms with Gasteiger partial charge in [-0.25, -0.2) is 0 Å². The van der Waals surface area contributed by atoms with Gasteiger partial charge in [-0.3, -0.25) is 0 Å². The fourth-order valence-corrected chi connectivity index (χ4v) is 4.63. The molecular formula is C17H12ClNaO3S2. The van der Waals surface area contributed by atoms with Gasteiger partial charge in [-0.05, 0) is 53.6 Å². The third kappa shape index (κ3) is 4.42. The minimum absolute atomic E-state index is 0. The van der Waals surface area contributed by atoms with E-state index in [1.54, 1.807) is 18.4 Å². The molecule has 3 rings (SSSR count). The van der Waals surface area contributed by atoms with Crippen molar-refractivity contribution in [2.75, 3.05) is 7.11 Å². The predicted octanol–water partition coefficient (Wildman–Crippen LogP) is 1.10. The number of ether oxygens (including phenoxy) is 1. The monoisotopic (exact) mass is 386 g/mol. The van der Waals surface area contributed by atoms with Crippen molar-refractivity contribution in [1.82, 2.24) is 0 Å². The minimum Gasteiger partial charge on any atom is -0.550 e. The van der Waals surface area contributed by atoms with Crippen molar-refractivity contribution in [3.05, 3.63) is 52.4 Å². The normalized spacial score (nSPS) is 10.2. The molecule has 0 fully saturated rings. The quantitative estimate of drug-likeness (QED) is 0.617. The molecule has 1 aromatic carbocycles. The Hall–Kier alpha value is -0.820. The summed E-state index contributed by atoms with van der Waals surface area (Å²) in [5.74, 6) is -0.307. The summed E-state index contributed by atoms with van der Waals surface area (Å²) >= 11 is 9.00. The van der Waals surface area contributed by atoms with Crippen molar-refractivity contribution in [3.63, 3.8) is 0 Å². The van der Waals surface area contributed by atoms with Crippen LogP contribution in [0.5, 0.6) is 5.75 Å². The van der Waals surface area contributed by atoms with Crippen molar-refractivity contribution in [3.8, 4) is 25.9 Å². The molecule has 0 amide bonds. The fourth-order valence-electron chi connectivity index (χ4n) is 2.26. The number of halogens is 1. The van der Waals surface area contributed by atoms with Crippen LogP contribution in [-0.4, -0.2) is 13.1 Å². The van der Waals surface area contributed by atoms with Gasteiger partial charge in [0.05, 0.1) is 11.4 Å². The van der Waals surface area contributed by atoms with Crippen LogP contribution in [0.3, 0.4) is 0 Å². The molecule has 0 N–H and O–H groups in total. The molecule has 3 aromatic rings. The molecule has 7 heteroatoms. The van der Waals surface area contributed by atoms with Gasteiger partial charge in [0.1, 0.15) is 5.75 Å². The van der Waals surface area contributed by atoms with E-state index in [4.69, 9.17) is 16.3 Å². The van der Waals surface area contributed by atoms with E-state index in [1.165, 1.54) is 11.3 Å². The van der Waals surface area contributed by atoms with Gasteiger partial charge < -0.3 is 14.6 Å². The summed E-state index contributed by atoms with van der Waals surface area (Å²) in [5.41, 5.74) is 1.77. The van der Waals surface area contributed by atoms with Crippen LogP contribution in [0.15, 0.2) is 42.5 Å². The van der Waals surface area contributed by atoms with Gasteiger partial charge in [0.25, 0.3) is 0 Å². The first-order valence-electron chi connectivity index (χ1n) is 6.79. The first kappa shape index (κ1) is 19.5. The van der Waals surface area contributed by atoms with Gasteiger partial charge in [0.15, 0.2) is 0 Å². The Morgan fingerprint density at radius 1 is 1.12 bits per heavy atom. The Morgan fingerprint density at radius 3 is 2.38 bits per heavy atom. The van der Waals surface area contributed by atoms with Crippen LogP contribution in [0, 0.1) is 0 Å². The van der Waals surface area contributed by atoms with Crippen molar-refractivity contribution >= 4 is 40.2 Å². The number of carboxylic acids is 1.